The first kappa shape index (κ1) is 12.1. The van der Waals surface area contributed by atoms with Crippen molar-refractivity contribution in [2.45, 2.75) is 25.8 Å². The fourth-order valence-electron chi connectivity index (χ4n) is 1.51. The number of likely N-dealkylation sites (tertiary alicyclic amines) is 1. The molecule has 72 valence electrons. The Balaban J connectivity index is 0.00000121. The van der Waals surface area contributed by atoms with Crippen molar-refractivity contribution in [2.24, 2.45) is 0 Å². The predicted octanol–water partition coefficient (Wildman–Crippen LogP) is 1.78. The summed E-state index contributed by atoms with van der Waals surface area (Å²) in [5.41, 5.74) is 0. The standard InChI is InChI=1S/C8H15NOS.ClH/c1-7-4-3-5-9(7)8(10)6-11-2;/h7H,3-6H2,1-2H3;1H. The van der Waals surface area contributed by atoms with E-state index in [0.717, 1.165) is 6.54 Å². The summed E-state index contributed by atoms with van der Waals surface area (Å²) in [6.45, 7) is 3.10. The van der Waals surface area contributed by atoms with Crippen LogP contribution in [-0.4, -0.2) is 35.4 Å². The first-order valence-corrected chi connectivity index (χ1v) is 5.43. The molecule has 0 radical (unpaired) electrons. The van der Waals surface area contributed by atoms with E-state index in [1.807, 2.05) is 11.2 Å². The quantitative estimate of drug-likeness (QED) is 0.691. The number of carbonyl (C=O) groups is 1. The van der Waals surface area contributed by atoms with Crippen LogP contribution in [0.15, 0.2) is 0 Å². The van der Waals surface area contributed by atoms with Gasteiger partial charge in [0.05, 0.1) is 5.75 Å². The van der Waals surface area contributed by atoms with E-state index in [4.69, 9.17) is 0 Å². The Kier molecular flexibility index (Phi) is 5.76. The van der Waals surface area contributed by atoms with E-state index in [0.29, 0.717) is 17.7 Å². The lowest BCUT2D eigenvalue weighted by Crippen LogP contribution is -2.34. The minimum Gasteiger partial charge on any atom is -0.339 e. The van der Waals surface area contributed by atoms with Crippen LogP contribution in [0.5, 0.6) is 0 Å². The van der Waals surface area contributed by atoms with Gasteiger partial charge >= 0.3 is 0 Å². The number of rotatable bonds is 2. The lowest BCUT2D eigenvalue weighted by Gasteiger charge is -2.20. The topological polar surface area (TPSA) is 20.3 Å². The summed E-state index contributed by atoms with van der Waals surface area (Å²) in [7, 11) is 0. The molecule has 1 amide bonds. The van der Waals surface area contributed by atoms with Crippen LogP contribution in [0.25, 0.3) is 0 Å². The molecule has 1 heterocycles. The number of thioether (sulfide) groups is 1. The first-order valence-electron chi connectivity index (χ1n) is 4.04. The number of amides is 1. The van der Waals surface area contributed by atoms with Gasteiger partial charge in [0.25, 0.3) is 0 Å². The minimum atomic E-state index is 0. The van der Waals surface area contributed by atoms with Crippen molar-refractivity contribution in [1.82, 2.24) is 4.90 Å². The van der Waals surface area contributed by atoms with Crippen LogP contribution in [0.3, 0.4) is 0 Å². The van der Waals surface area contributed by atoms with Crippen molar-refractivity contribution in [3.63, 3.8) is 0 Å². The zero-order valence-electron chi connectivity index (χ0n) is 7.58. The molecule has 1 aliphatic rings. The Hall–Kier alpha value is 0.110. The van der Waals surface area contributed by atoms with Gasteiger partial charge in [0.1, 0.15) is 0 Å². The number of nitrogens with zero attached hydrogens (tertiary/aromatic N) is 1. The maximum absolute atomic E-state index is 11.4. The van der Waals surface area contributed by atoms with Gasteiger partial charge in [-0.2, -0.15) is 11.8 Å². The molecular formula is C8H16ClNOS. The molecule has 1 rings (SSSR count). The van der Waals surface area contributed by atoms with Crippen molar-refractivity contribution in [3.05, 3.63) is 0 Å². The molecule has 1 fully saturated rings. The maximum Gasteiger partial charge on any atom is 0.232 e. The van der Waals surface area contributed by atoms with Crippen LogP contribution in [0.4, 0.5) is 0 Å². The molecule has 0 bridgehead atoms. The van der Waals surface area contributed by atoms with Gasteiger partial charge in [0.2, 0.25) is 5.91 Å². The highest BCUT2D eigenvalue weighted by Gasteiger charge is 2.23. The van der Waals surface area contributed by atoms with Crippen LogP contribution < -0.4 is 0 Å². The van der Waals surface area contributed by atoms with Crippen molar-refractivity contribution in [1.29, 1.82) is 0 Å². The van der Waals surface area contributed by atoms with Crippen LogP contribution in [0, 0.1) is 0 Å². The monoisotopic (exact) mass is 209 g/mol. The molecule has 0 aromatic rings. The predicted molar refractivity (Wildman–Crippen MR) is 56.0 cm³/mol. The largest absolute Gasteiger partial charge is 0.339 e. The summed E-state index contributed by atoms with van der Waals surface area (Å²) in [5, 5.41) is 0. The normalized spacial score (nSPS) is 22.2. The molecule has 0 saturated carbocycles. The van der Waals surface area contributed by atoms with Crippen LogP contribution in [0.2, 0.25) is 0 Å². The SMILES string of the molecule is CSCC(=O)N1CCCC1C.Cl. The maximum atomic E-state index is 11.4. The van der Waals surface area contributed by atoms with Gasteiger partial charge in [-0.05, 0) is 26.0 Å². The first-order chi connectivity index (χ1) is 5.25. The fourth-order valence-corrected chi connectivity index (χ4v) is 1.92. The van der Waals surface area contributed by atoms with Crippen molar-refractivity contribution in [3.8, 4) is 0 Å². The lowest BCUT2D eigenvalue weighted by molar-refractivity contribution is -0.128. The summed E-state index contributed by atoms with van der Waals surface area (Å²) >= 11 is 1.61. The van der Waals surface area contributed by atoms with Gasteiger partial charge in [-0.3, -0.25) is 4.79 Å². The summed E-state index contributed by atoms with van der Waals surface area (Å²) < 4.78 is 0. The average molecular weight is 210 g/mol. The third-order valence-electron chi connectivity index (χ3n) is 2.14. The van der Waals surface area contributed by atoms with Crippen LogP contribution in [0.1, 0.15) is 19.8 Å². The zero-order valence-corrected chi connectivity index (χ0v) is 9.21. The molecule has 1 atom stereocenters. The average Bonchev–Trinajstić information content (AvgIpc) is 2.36. The Morgan fingerprint density at radius 3 is 2.75 bits per heavy atom. The summed E-state index contributed by atoms with van der Waals surface area (Å²) in [6, 6.07) is 0.481. The van der Waals surface area contributed by atoms with E-state index < -0.39 is 0 Å². The second kappa shape index (κ2) is 5.70. The van der Waals surface area contributed by atoms with Crippen molar-refractivity contribution >= 4 is 30.1 Å². The van der Waals surface area contributed by atoms with E-state index in [-0.39, 0.29) is 12.4 Å². The Morgan fingerprint density at radius 2 is 2.33 bits per heavy atom. The van der Waals surface area contributed by atoms with Crippen molar-refractivity contribution < 1.29 is 4.79 Å². The molecule has 1 unspecified atom stereocenters. The molecule has 2 nitrogen and oxygen atoms in total. The van der Waals surface area contributed by atoms with Gasteiger partial charge in [-0.25, -0.2) is 0 Å². The molecular weight excluding hydrogens is 194 g/mol. The van der Waals surface area contributed by atoms with Crippen LogP contribution in [-0.2, 0) is 4.79 Å². The van der Waals surface area contributed by atoms with E-state index >= 15 is 0 Å². The minimum absolute atomic E-state index is 0. The Morgan fingerprint density at radius 1 is 1.67 bits per heavy atom. The lowest BCUT2D eigenvalue weighted by atomic mass is 10.2. The van der Waals surface area contributed by atoms with E-state index in [2.05, 4.69) is 6.92 Å². The smallest absolute Gasteiger partial charge is 0.232 e. The summed E-state index contributed by atoms with van der Waals surface area (Å²) in [5.74, 6) is 0.951. The van der Waals surface area contributed by atoms with Gasteiger partial charge in [-0.15, -0.1) is 12.4 Å². The van der Waals surface area contributed by atoms with Crippen molar-refractivity contribution in [2.75, 3.05) is 18.6 Å². The highest BCUT2D eigenvalue weighted by molar-refractivity contribution is 7.99. The molecule has 0 spiro atoms. The van der Waals surface area contributed by atoms with E-state index in [9.17, 15) is 4.79 Å². The highest BCUT2D eigenvalue weighted by Crippen LogP contribution is 2.17. The van der Waals surface area contributed by atoms with Gasteiger partial charge in [-0.1, -0.05) is 0 Å². The Labute approximate surface area is 84.5 Å². The number of hydrogen-bond donors (Lipinski definition) is 0. The van der Waals surface area contributed by atoms with Gasteiger partial charge in [0, 0.05) is 12.6 Å². The van der Waals surface area contributed by atoms with Gasteiger partial charge < -0.3 is 4.90 Å². The molecule has 4 heteroatoms. The molecule has 0 aromatic heterocycles. The number of hydrogen-bond acceptors (Lipinski definition) is 2. The van der Waals surface area contributed by atoms with Gasteiger partial charge in [0.15, 0.2) is 0 Å². The van der Waals surface area contributed by atoms with E-state index in [1.54, 1.807) is 11.8 Å². The molecule has 0 aliphatic carbocycles. The number of carbonyl (C=O) groups excluding carboxylic acids is 1. The molecule has 0 aromatic carbocycles. The highest BCUT2D eigenvalue weighted by atomic mass is 35.5. The van der Waals surface area contributed by atoms with Crippen LogP contribution >= 0.6 is 24.2 Å². The number of halogens is 1. The van der Waals surface area contributed by atoms with E-state index in [1.165, 1.54) is 12.8 Å². The molecule has 12 heavy (non-hydrogen) atoms. The molecule has 1 aliphatic heterocycles. The third-order valence-corrected chi connectivity index (χ3v) is 2.68. The third kappa shape index (κ3) is 2.87. The second-order valence-corrected chi connectivity index (χ2v) is 3.88. The molecule has 1 saturated heterocycles. The fraction of sp³-hybridized carbons (Fsp3) is 0.875. The summed E-state index contributed by atoms with van der Waals surface area (Å²) in [6.07, 6.45) is 4.33. The second-order valence-electron chi connectivity index (χ2n) is 3.01. The summed E-state index contributed by atoms with van der Waals surface area (Å²) in [4.78, 5) is 13.4. The Bertz CT molecular complexity index is 154. The zero-order chi connectivity index (χ0) is 8.27. The molecule has 0 N–H and O–H groups in total.